The molecule has 10 heteroatoms. The van der Waals surface area contributed by atoms with E-state index in [0.29, 0.717) is 19.4 Å². The van der Waals surface area contributed by atoms with E-state index in [4.69, 9.17) is 4.74 Å². The molecule has 0 radical (unpaired) electrons. The molecule has 1 aliphatic heterocycles. The summed E-state index contributed by atoms with van der Waals surface area (Å²) in [5.41, 5.74) is 0. The number of sulfonamides is 1. The molecular weight excluding hydrogens is 326 g/mol. The maximum atomic E-state index is 11.9. The first-order chi connectivity index (χ1) is 10.8. The van der Waals surface area contributed by atoms with Gasteiger partial charge in [-0.15, -0.1) is 0 Å². The fourth-order valence-corrected chi connectivity index (χ4v) is 3.31. The van der Waals surface area contributed by atoms with Crippen molar-refractivity contribution in [3.05, 3.63) is 0 Å². The van der Waals surface area contributed by atoms with Crippen LogP contribution >= 0.6 is 0 Å². The van der Waals surface area contributed by atoms with Gasteiger partial charge in [-0.05, 0) is 26.7 Å². The Morgan fingerprint density at radius 3 is 2.30 bits per heavy atom. The third kappa shape index (κ3) is 6.14. The standard InChI is InChI=1S/C13H23N3O6S/c1-3-14-13(19)15-11(17)9-22-12(18)10-5-7-16(8-6-10)23(20,21)4-2/h10H,3-9H2,1-2H3,(H2,14,15,17,19). The monoisotopic (exact) mass is 349 g/mol. The Balaban J connectivity index is 2.35. The highest BCUT2D eigenvalue weighted by Gasteiger charge is 2.31. The summed E-state index contributed by atoms with van der Waals surface area (Å²) in [6, 6.07) is -0.647. The zero-order valence-electron chi connectivity index (χ0n) is 13.3. The molecule has 0 aromatic carbocycles. The molecule has 0 aliphatic carbocycles. The Hall–Kier alpha value is -1.68. The molecule has 1 fully saturated rings. The second-order valence-electron chi connectivity index (χ2n) is 5.09. The number of nitrogens with zero attached hydrogens (tertiary/aromatic N) is 1. The lowest BCUT2D eigenvalue weighted by Gasteiger charge is -2.29. The second kappa shape index (κ2) is 8.82. The summed E-state index contributed by atoms with van der Waals surface area (Å²) < 4.78 is 29.7. The van der Waals surface area contributed by atoms with Crippen LogP contribution in [0.15, 0.2) is 0 Å². The van der Waals surface area contributed by atoms with E-state index in [1.165, 1.54) is 4.31 Å². The van der Waals surface area contributed by atoms with Gasteiger partial charge in [-0.25, -0.2) is 17.5 Å². The highest BCUT2D eigenvalue weighted by molar-refractivity contribution is 7.89. The molecule has 3 amide bonds. The third-order valence-electron chi connectivity index (χ3n) is 3.48. The van der Waals surface area contributed by atoms with Gasteiger partial charge in [0, 0.05) is 19.6 Å². The minimum atomic E-state index is -3.24. The Labute approximate surface area is 135 Å². The molecule has 0 spiro atoms. The molecule has 132 valence electrons. The molecule has 0 aromatic heterocycles. The van der Waals surface area contributed by atoms with E-state index in [1.807, 2.05) is 5.32 Å². The summed E-state index contributed by atoms with van der Waals surface area (Å²) in [6.45, 7) is 3.64. The largest absolute Gasteiger partial charge is 0.455 e. The van der Waals surface area contributed by atoms with Gasteiger partial charge in [-0.2, -0.15) is 0 Å². The zero-order chi connectivity index (χ0) is 17.5. The van der Waals surface area contributed by atoms with Crippen LogP contribution < -0.4 is 10.6 Å². The number of ether oxygens (including phenoxy) is 1. The van der Waals surface area contributed by atoms with E-state index in [1.54, 1.807) is 13.8 Å². The molecular formula is C13H23N3O6S. The van der Waals surface area contributed by atoms with Crippen molar-refractivity contribution in [2.24, 2.45) is 5.92 Å². The van der Waals surface area contributed by atoms with Crippen LogP contribution in [0.1, 0.15) is 26.7 Å². The number of hydrogen-bond acceptors (Lipinski definition) is 6. The number of amides is 3. The lowest BCUT2D eigenvalue weighted by atomic mass is 9.98. The summed E-state index contributed by atoms with van der Waals surface area (Å²) in [5, 5.41) is 4.40. The number of urea groups is 1. The minimum absolute atomic E-state index is 0.0299. The molecule has 1 saturated heterocycles. The fraction of sp³-hybridized carbons (Fsp3) is 0.769. The lowest BCUT2D eigenvalue weighted by Crippen LogP contribution is -2.43. The molecule has 0 bridgehead atoms. The van der Waals surface area contributed by atoms with Gasteiger partial charge in [-0.3, -0.25) is 14.9 Å². The average molecular weight is 349 g/mol. The number of imide groups is 1. The van der Waals surface area contributed by atoms with Crippen LogP contribution in [0, 0.1) is 5.92 Å². The molecule has 0 saturated carbocycles. The Bertz CT molecular complexity index is 540. The molecule has 0 unspecified atom stereocenters. The fourth-order valence-electron chi connectivity index (χ4n) is 2.17. The number of nitrogens with one attached hydrogen (secondary N) is 2. The summed E-state index contributed by atoms with van der Waals surface area (Å²) in [7, 11) is -3.24. The van der Waals surface area contributed by atoms with Gasteiger partial charge in [0.15, 0.2) is 6.61 Å². The maximum Gasteiger partial charge on any atom is 0.321 e. The first-order valence-corrected chi connectivity index (χ1v) is 9.13. The smallest absolute Gasteiger partial charge is 0.321 e. The van der Waals surface area contributed by atoms with Crippen molar-refractivity contribution in [2.75, 3.05) is 32.0 Å². The average Bonchev–Trinajstić information content (AvgIpc) is 2.53. The summed E-state index contributed by atoms with van der Waals surface area (Å²) in [4.78, 5) is 34.4. The van der Waals surface area contributed by atoms with E-state index < -0.39 is 40.5 Å². The summed E-state index contributed by atoms with van der Waals surface area (Å²) >= 11 is 0. The van der Waals surface area contributed by atoms with Gasteiger partial charge in [0.05, 0.1) is 11.7 Å². The Morgan fingerprint density at radius 2 is 1.78 bits per heavy atom. The molecule has 0 aromatic rings. The van der Waals surface area contributed by atoms with E-state index in [2.05, 4.69) is 5.32 Å². The highest BCUT2D eigenvalue weighted by atomic mass is 32.2. The van der Waals surface area contributed by atoms with Crippen molar-refractivity contribution in [3.63, 3.8) is 0 Å². The number of esters is 1. The van der Waals surface area contributed by atoms with Gasteiger partial charge >= 0.3 is 12.0 Å². The third-order valence-corrected chi connectivity index (χ3v) is 5.36. The number of piperidine rings is 1. The van der Waals surface area contributed by atoms with Crippen LogP contribution in [-0.2, 0) is 24.3 Å². The van der Waals surface area contributed by atoms with Crippen LogP contribution in [0.25, 0.3) is 0 Å². The van der Waals surface area contributed by atoms with Crippen molar-refractivity contribution in [1.82, 2.24) is 14.9 Å². The number of carbonyl (C=O) groups is 3. The zero-order valence-corrected chi connectivity index (χ0v) is 14.1. The molecule has 9 nitrogen and oxygen atoms in total. The van der Waals surface area contributed by atoms with Crippen LogP contribution in [0.2, 0.25) is 0 Å². The first kappa shape index (κ1) is 19.4. The molecule has 23 heavy (non-hydrogen) atoms. The van der Waals surface area contributed by atoms with Crippen LogP contribution in [0.5, 0.6) is 0 Å². The predicted octanol–water partition coefficient (Wildman–Crippen LogP) is -0.563. The maximum absolute atomic E-state index is 11.9. The van der Waals surface area contributed by atoms with E-state index >= 15 is 0 Å². The topological polar surface area (TPSA) is 122 Å². The molecule has 2 N–H and O–H groups in total. The van der Waals surface area contributed by atoms with Crippen molar-refractivity contribution < 1.29 is 27.5 Å². The molecule has 0 atom stereocenters. The SMILES string of the molecule is CCNC(=O)NC(=O)COC(=O)C1CCN(S(=O)(=O)CC)CC1. The van der Waals surface area contributed by atoms with E-state index in [9.17, 15) is 22.8 Å². The first-order valence-electron chi connectivity index (χ1n) is 7.52. The number of carbonyl (C=O) groups excluding carboxylic acids is 3. The predicted molar refractivity (Wildman–Crippen MR) is 81.9 cm³/mol. The minimum Gasteiger partial charge on any atom is -0.455 e. The normalized spacial score (nSPS) is 16.6. The highest BCUT2D eigenvalue weighted by Crippen LogP contribution is 2.20. The van der Waals surface area contributed by atoms with Crippen molar-refractivity contribution in [3.8, 4) is 0 Å². The molecule has 1 heterocycles. The Morgan fingerprint density at radius 1 is 1.17 bits per heavy atom. The molecule has 1 aliphatic rings. The van der Waals surface area contributed by atoms with E-state index in [-0.39, 0.29) is 18.8 Å². The van der Waals surface area contributed by atoms with Gasteiger partial charge in [0.25, 0.3) is 5.91 Å². The summed E-state index contributed by atoms with van der Waals surface area (Å²) in [5.74, 6) is -1.67. The van der Waals surface area contributed by atoms with E-state index in [0.717, 1.165) is 0 Å². The second-order valence-corrected chi connectivity index (χ2v) is 7.35. The van der Waals surface area contributed by atoms with Crippen molar-refractivity contribution in [2.45, 2.75) is 26.7 Å². The van der Waals surface area contributed by atoms with Gasteiger partial charge in [0.2, 0.25) is 10.0 Å². The van der Waals surface area contributed by atoms with Crippen molar-refractivity contribution >= 4 is 27.9 Å². The van der Waals surface area contributed by atoms with Gasteiger partial charge < -0.3 is 10.1 Å². The lowest BCUT2D eigenvalue weighted by molar-refractivity contribution is -0.153. The van der Waals surface area contributed by atoms with Gasteiger partial charge in [0.1, 0.15) is 0 Å². The van der Waals surface area contributed by atoms with Crippen LogP contribution in [0.4, 0.5) is 4.79 Å². The van der Waals surface area contributed by atoms with Crippen LogP contribution in [0.3, 0.4) is 0 Å². The molecule has 1 rings (SSSR count). The van der Waals surface area contributed by atoms with Crippen LogP contribution in [-0.4, -0.2) is 62.6 Å². The quantitative estimate of drug-likeness (QED) is 0.620. The number of rotatable bonds is 6. The Kier molecular flexibility index (Phi) is 7.43. The summed E-state index contributed by atoms with van der Waals surface area (Å²) in [6.07, 6.45) is 0.714. The number of hydrogen-bond donors (Lipinski definition) is 2. The van der Waals surface area contributed by atoms with Crippen molar-refractivity contribution in [1.29, 1.82) is 0 Å². The van der Waals surface area contributed by atoms with Gasteiger partial charge in [-0.1, -0.05) is 0 Å².